The number of furan rings is 1. The molecule has 1 fully saturated rings. The molecule has 3 aromatic carbocycles. The fourth-order valence-electron chi connectivity index (χ4n) is 11.4. The molecule has 1 heterocycles. The molecule has 260 valence electrons. The van der Waals surface area contributed by atoms with Gasteiger partial charge in [0.05, 0.1) is 0 Å². The lowest BCUT2D eigenvalue weighted by molar-refractivity contribution is 0.269. The largest absolute Gasteiger partial charge is 0.460 e. The van der Waals surface area contributed by atoms with Gasteiger partial charge in [-0.05, 0) is 103 Å². The van der Waals surface area contributed by atoms with Crippen LogP contribution in [0.15, 0.2) is 173 Å². The van der Waals surface area contributed by atoms with Gasteiger partial charge >= 0.3 is 0 Å². The highest BCUT2D eigenvalue weighted by Gasteiger charge is 2.59. The predicted octanol–water partition coefficient (Wildman–Crippen LogP) is 12.6. The summed E-state index contributed by atoms with van der Waals surface area (Å²) in [6, 6.07) is 27.1. The Balaban J connectivity index is 1.09. The van der Waals surface area contributed by atoms with Crippen LogP contribution in [0.5, 0.6) is 0 Å². The number of fused-ring (bicyclic) bond motifs is 10. The Morgan fingerprint density at radius 3 is 2.47 bits per heavy atom. The lowest BCUT2D eigenvalue weighted by atomic mass is 9.58. The first-order valence-corrected chi connectivity index (χ1v) is 20.0. The van der Waals surface area contributed by atoms with Crippen LogP contribution in [0, 0.1) is 29.6 Å². The van der Waals surface area contributed by atoms with Crippen LogP contribution < -0.4 is 4.90 Å². The van der Waals surface area contributed by atoms with Gasteiger partial charge in [0.1, 0.15) is 11.3 Å². The molecule has 4 aromatic rings. The highest BCUT2D eigenvalue weighted by atomic mass is 16.3. The van der Waals surface area contributed by atoms with Crippen molar-refractivity contribution in [3.05, 3.63) is 197 Å². The van der Waals surface area contributed by atoms with E-state index in [4.69, 9.17) is 4.42 Å². The van der Waals surface area contributed by atoms with Gasteiger partial charge in [0.2, 0.25) is 0 Å². The number of nitrogens with zero attached hydrogens (tertiary/aromatic N) is 1. The minimum atomic E-state index is -0.0921. The van der Waals surface area contributed by atoms with Gasteiger partial charge in [-0.1, -0.05) is 139 Å². The zero-order valence-electron chi connectivity index (χ0n) is 30.2. The molecule has 0 spiro atoms. The molecule has 2 heteroatoms. The van der Waals surface area contributed by atoms with Crippen LogP contribution in [-0.4, -0.2) is 0 Å². The summed E-state index contributed by atoms with van der Waals surface area (Å²) in [5.41, 5.74) is 11.7. The van der Waals surface area contributed by atoms with Gasteiger partial charge in [0, 0.05) is 51.7 Å². The molecule has 7 aliphatic carbocycles. The van der Waals surface area contributed by atoms with E-state index in [2.05, 4.69) is 169 Å². The highest BCUT2D eigenvalue weighted by Crippen LogP contribution is 2.64. The van der Waals surface area contributed by atoms with E-state index >= 15 is 0 Å². The molecule has 1 aromatic heterocycles. The topological polar surface area (TPSA) is 16.4 Å². The van der Waals surface area contributed by atoms with Crippen molar-refractivity contribution in [3.63, 3.8) is 0 Å². The Labute approximate surface area is 313 Å². The first-order valence-electron chi connectivity index (χ1n) is 20.0. The lowest BCUT2D eigenvalue weighted by Gasteiger charge is -2.45. The van der Waals surface area contributed by atoms with Gasteiger partial charge in [-0.15, -0.1) is 0 Å². The summed E-state index contributed by atoms with van der Waals surface area (Å²) in [5, 5.41) is 1.30. The van der Waals surface area contributed by atoms with Crippen molar-refractivity contribution in [1.82, 2.24) is 0 Å². The number of allylic oxidation sites excluding steroid dienone is 14. The van der Waals surface area contributed by atoms with Crippen molar-refractivity contribution >= 4 is 28.8 Å². The standard InChI is InChI=1S/C51H45NO/c1-4-14-36(15-5-1)51(37-16-6-2-7-17-37)45-22-12-10-20-41(45)42-30-29-40(33-46(42)51)52(38-18-8-3-9-19-38)39-28-26-34-24-25-35-27-31-48-50(49(35)44(34)32-39)43-21-11-13-23-47(43)53-48/h1,3-6,8-12,14-16,18-22,24-29,31-34,37,41-42,44-45H,2,7,13,17,23,30H2. The fourth-order valence-corrected chi connectivity index (χ4v) is 11.4. The number of aryl methyl sites for hydroxylation is 1. The third-order valence-electron chi connectivity index (χ3n) is 13.5. The monoisotopic (exact) mass is 687 g/mol. The molecular weight excluding hydrogens is 643 g/mol. The zero-order chi connectivity index (χ0) is 34.9. The van der Waals surface area contributed by atoms with E-state index < -0.39 is 0 Å². The van der Waals surface area contributed by atoms with Crippen LogP contribution in [0.2, 0.25) is 0 Å². The van der Waals surface area contributed by atoms with E-state index in [0.29, 0.717) is 29.6 Å². The zero-order valence-corrected chi connectivity index (χ0v) is 30.2. The van der Waals surface area contributed by atoms with Gasteiger partial charge in [0.25, 0.3) is 0 Å². The predicted molar refractivity (Wildman–Crippen MR) is 219 cm³/mol. The van der Waals surface area contributed by atoms with Crippen LogP contribution in [0.3, 0.4) is 0 Å². The Morgan fingerprint density at radius 2 is 1.60 bits per heavy atom. The van der Waals surface area contributed by atoms with Gasteiger partial charge in [-0.2, -0.15) is 0 Å². The SMILES string of the molecule is C1=CC2C3CC=C(N(C4=CC5c6c(ccc7oc8c(c67)C=CCC8)C=CC5C=C4)c4ccccc4)C=C3C(c3ccccc3)(C3C=CCCC3)C2C=C1. The molecule has 0 saturated heterocycles. The van der Waals surface area contributed by atoms with E-state index in [1.165, 1.54) is 64.0 Å². The Kier molecular flexibility index (Phi) is 7.29. The van der Waals surface area contributed by atoms with Crippen molar-refractivity contribution < 1.29 is 4.42 Å². The minimum absolute atomic E-state index is 0.0921. The normalized spacial score (nSPS) is 30.2. The van der Waals surface area contributed by atoms with Crippen molar-refractivity contribution in [2.45, 2.75) is 49.9 Å². The van der Waals surface area contributed by atoms with E-state index in [-0.39, 0.29) is 11.3 Å². The number of para-hydroxylation sites is 1. The van der Waals surface area contributed by atoms with E-state index in [1.807, 2.05) is 0 Å². The molecule has 0 amide bonds. The molecule has 0 N–H and O–H groups in total. The molecule has 11 rings (SSSR count). The second-order valence-corrected chi connectivity index (χ2v) is 16.0. The highest BCUT2D eigenvalue weighted by molar-refractivity contribution is 5.95. The summed E-state index contributed by atoms with van der Waals surface area (Å²) in [4.78, 5) is 2.55. The number of hydrogen-bond donors (Lipinski definition) is 0. The molecule has 7 atom stereocenters. The van der Waals surface area contributed by atoms with Crippen molar-refractivity contribution in [2.75, 3.05) is 4.90 Å². The van der Waals surface area contributed by atoms with Gasteiger partial charge < -0.3 is 9.32 Å². The summed E-state index contributed by atoms with van der Waals surface area (Å²) < 4.78 is 6.51. The maximum atomic E-state index is 6.51. The molecular formula is C51H45NO. The average Bonchev–Trinajstić information content (AvgIpc) is 3.76. The van der Waals surface area contributed by atoms with Crippen LogP contribution >= 0.6 is 0 Å². The first kappa shape index (κ1) is 31.2. The number of hydrogen-bond acceptors (Lipinski definition) is 2. The number of anilines is 1. The third kappa shape index (κ3) is 4.70. The van der Waals surface area contributed by atoms with Crippen LogP contribution in [0.4, 0.5) is 5.69 Å². The van der Waals surface area contributed by atoms with Gasteiger partial charge in [0.15, 0.2) is 0 Å². The minimum Gasteiger partial charge on any atom is -0.460 e. The van der Waals surface area contributed by atoms with E-state index in [1.54, 1.807) is 5.57 Å². The lowest BCUT2D eigenvalue weighted by Crippen LogP contribution is -2.41. The summed E-state index contributed by atoms with van der Waals surface area (Å²) in [6.07, 6.45) is 43.4. The van der Waals surface area contributed by atoms with Crippen LogP contribution in [0.25, 0.3) is 23.1 Å². The molecule has 53 heavy (non-hydrogen) atoms. The second-order valence-electron chi connectivity index (χ2n) is 16.0. The van der Waals surface area contributed by atoms with Gasteiger partial charge in [-0.3, -0.25) is 0 Å². The fraction of sp³-hybridized carbons (Fsp3) is 0.255. The maximum absolute atomic E-state index is 6.51. The van der Waals surface area contributed by atoms with Crippen molar-refractivity contribution in [1.29, 1.82) is 0 Å². The summed E-state index contributed by atoms with van der Waals surface area (Å²) in [7, 11) is 0. The van der Waals surface area contributed by atoms with Crippen LogP contribution in [0.1, 0.15) is 66.0 Å². The number of rotatable bonds is 5. The molecule has 0 radical (unpaired) electrons. The van der Waals surface area contributed by atoms with E-state index in [0.717, 1.165) is 30.6 Å². The van der Waals surface area contributed by atoms with Crippen molar-refractivity contribution in [2.24, 2.45) is 29.6 Å². The molecule has 1 saturated carbocycles. The smallest absolute Gasteiger partial charge is 0.135 e. The van der Waals surface area contributed by atoms with Gasteiger partial charge in [-0.25, -0.2) is 0 Å². The Hall–Kier alpha value is -5.34. The quantitative estimate of drug-likeness (QED) is 0.194. The number of benzene rings is 3. The molecule has 7 unspecified atom stereocenters. The molecule has 0 bridgehead atoms. The average molecular weight is 688 g/mol. The summed E-state index contributed by atoms with van der Waals surface area (Å²) in [6.45, 7) is 0. The Morgan fingerprint density at radius 1 is 0.755 bits per heavy atom. The molecule has 2 nitrogen and oxygen atoms in total. The summed E-state index contributed by atoms with van der Waals surface area (Å²) in [5.74, 6) is 3.50. The van der Waals surface area contributed by atoms with Crippen LogP contribution in [-0.2, 0) is 11.8 Å². The Bertz CT molecular complexity index is 2390. The maximum Gasteiger partial charge on any atom is 0.135 e. The summed E-state index contributed by atoms with van der Waals surface area (Å²) >= 11 is 0. The van der Waals surface area contributed by atoms with Crippen molar-refractivity contribution in [3.8, 4) is 0 Å². The van der Waals surface area contributed by atoms with E-state index in [9.17, 15) is 0 Å². The first-order chi connectivity index (χ1) is 26.3. The second kappa shape index (κ2) is 12.4. The third-order valence-corrected chi connectivity index (χ3v) is 13.5. The molecule has 7 aliphatic rings. The molecule has 0 aliphatic heterocycles.